The van der Waals surface area contributed by atoms with Crippen LogP contribution in [0.4, 0.5) is 0 Å². The number of ether oxygens (including phenoxy) is 3. The molecule has 2 aliphatic rings. The molecule has 2 aliphatic heterocycles. The average molecular weight is 433 g/mol. The van der Waals surface area contributed by atoms with Crippen LogP contribution in [0.3, 0.4) is 0 Å². The standard InChI is InChI=1S/C22H29ClN4O3/c23-19-3-1-18(2-4-19)17-27-9-5-20(6-10-27)30-22-21(24-7-8-25-22)29-16-13-26-11-14-28-15-12-26/h1-4,7-8,20H,5-6,9-17H2. The number of morpholine rings is 1. The maximum Gasteiger partial charge on any atom is 0.278 e. The van der Waals surface area contributed by atoms with Crippen molar-refractivity contribution in [3.05, 3.63) is 47.2 Å². The Balaban J connectivity index is 1.23. The molecule has 3 heterocycles. The summed E-state index contributed by atoms with van der Waals surface area (Å²) in [6, 6.07) is 8.07. The maximum absolute atomic E-state index is 6.17. The van der Waals surface area contributed by atoms with Crippen molar-refractivity contribution < 1.29 is 14.2 Å². The highest BCUT2D eigenvalue weighted by Gasteiger charge is 2.23. The highest BCUT2D eigenvalue weighted by Crippen LogP contribution is 2.25. The first-order valence-corrected chi connectivity index (χ1v) is 11.0. The van der Waals surface area contributed by atoms with Crippen molar-refractivity contribution in [3.8, 4) is 11.8 Å². The van der Waals surface area contributed by atoms with Gasteiger partial charge in [0.1, 0.15) is 12.7 Å². The summed E-state index contributed by atoms with van der Waals surface area (Å²) in [5, 5.41) is 0.776. The molecule has 2 fully saturated rings. The van der Waals surface area contributed by atoms with Crippen molar-refractivity contribution in [2.75, 3.05) is 52.5 Å². The van der Waals surface area contributed by atoms with Crippen molar-refractivity contribution >= 4 is 11.6 Å². The van der Waals surface area contributed by atoms with Crippen LogP contribution in [-0.2, 0) is 11.3 Å². The molecule has 8 heteroatoms. The Morgan fingerprint density at radius 1 is 0.933 bits per heavy atom. The third kappa shape index (κ3) is 6.28. The molecular weight excluding hydrogens is 404 g/mol. The third-order valence-corrected chi connectivity index (χ3v) is 5.77. The Kier molecular flexibility index (Phi) is 7.75. The molecule has 7 nitrogen and oxygen atoms in total. The lowest BCUT2D eigenvalue weighted by molar-refractivity contribution is 0.0313. The van der Waals surface area contributed by atoms with E-state index in [0.717, 1.165) is 70.3 Å². The van der Waals surface area contributed by atoms with Crippen LogP contribution in [0.1, 0.15) is 18.4 Å². The number of hydrogen-bond acceptors (Lipinski definition) is 7. The fourth-order valence-electron chi connectivity index (χ4n) is 3.78. The normalized spacial score (nSPS) is 19.0. The Bertz CT molecular complexity index is 778. The van der Waals surface area contributed by atoms with E-state index in [0.29, 0.717) is 18.4 Å². The number of halogens is 1. The molecule has 0 radical (unpaired) electrons. The van der Waals surface area contributed by atoms with Gasteiger partial charge in [0.15, 0.2) is 0 Å². The van der Waals surface area contributed by atoms with Crippen LogP contribution in [0, 0.1) is 0 Å². The van der Waals surface area contributed by atoms with Crippen molar-refractivity contribution in [3.63, 3.8) is 0 Å². The largest absolute Gasteiger partial charge is 0.472 e. The quantitative estimate of drug-likeness (QED) is 0.635. The number of hydrogen-bond donors (Lipinski definition) is 0. The maximum atomic E-state index is 6.17. The van der Waals surface area contributed by atoms with Crippen molar-refractivity contribution in [2.24, 2.45) is 0 Å². The smallest absolute Gasteiger partial charge is 0.278 e. The average Bonchev–Trinajstić information content (AvgIpc) is 2.79. The molecule has 0 spiro atoms. The molecule has 30 heavy (non-hydrogen) atoms. The molecule has 0 atom stereocenters. The fourth-order valence-corrected chi connectivity index (χ4v) is 3.91. The van der Waals surface area contributed by atoms with Crippen molar-refractivity contribution in [1.82, 2.24) is 19.8 Å². The van der Waals surface area contributed by atoms with Gasteiger partial charge < -0.3 is 14.2 Å². The molecular formula is C22H29ClN4O3. The molecule has 1 aromatic heterocycles. The zero-order chi connectivity index (χ0) is 20.6. The summed E-state index contributed by atoms with van der Waals surface area (Å²) < 4.78 is 17.4. The van der Waals surface area contributed by atoms with Gasteiger partial charge in [-0.05, 0) is 30.5 Å². The summed E-state index contributed by atoms with van der Waals surface area (Å²) in [4.78, 5) is 13.5. The topological polar surface area (TPSA) is 60.0 Å². The van der Waals surface area contributed by atoms with Gasteiger partial charge in [-0.2, -0.15) is 0 Å². The minimum atomic E-state index is 0.129. The Morgan fingerprint density at radius 3 is 2.37 bits per heavy atom. The lowest BCUT2D eigenvalue weighted by Crippen LogP contribution is -2.39. The van der Waals surface area contributed by atoms with Gasteiger partial charge in [0.2, 0.25) is 0 Å². The summed E-state index contributed by atoms with van der Waals surface area (Å²) in [5.74, 6) is 0.977. The highest BCUT2D eigenvalue weighted by molar-refractivity contribution is 6.30. The molecule has 0 saturated carbocycles. The van der Waals surface area contributed by atoms with Gasteiger partial charge in [-0.25, -0.2) is 9.97 Å². The highest BCUT2D eigenvalue weighted by atomic mass is 35.5. The van der Waals surface area contributed by atoms with Gasteiger partial charge in [0.25, 0.3) is 11.8 Å². The van der Waals surface area contributed by atoms with E-state index in [9.17, 15) is 0 Å². The van der Waals surface area contributed by atoms with Crippen LogP contribution in [0.5, 0.6) is 11.8 Å². The fraction of sp³-hybridized carbons (Fsp3) is 0.545. The van der Waals surface area contributed by atoms with E-state index in [2.05, 4.69) is 31.9 Å². The number of aromatic nitrogens is 2. The second kappa shape index (κ2) is 10.9. The molecule has 2 aromatic rings. The number of benzene rings is 1. The van der Waals surface area contributed by atoms with Crippen LogP contribution in [0.2, 0.25) is 5.02 Å². The van der Waals surface area contributed by atoms with E-state index in [1.54, 1.807) is 12.4 Å². The van der Waals surface area contributed by atoms with Gasteiger partial charge in [-0.3, -0.25) is 9.80 Å². The lowest BCUT2D eigenvalue weighted by Gasteiger charge is -2.32. The minimum Gasteiger partial charge on any atom is -0.472 e. The first-order valence-electron chi connectivity index (χ1n) is 10.6. The molecule has 162 valence electrons. The minimum absolute atomic E-state index is 0.129. The summed E-state index contributed by atoms with van der Waals surface area (Å²) >= 11 is 5.98. The molecule has 0 N–H and O–H groups in total. The van der Waals surface area contributed by atoms with E-state index in [-0.39, 0.29) is 6.10 Å². The van der Waals surface area contributed by atoms with Gasteiger partial charge in [0, 0.05) is 56.7 Å². The SMILES string of the molecule is Clc1ccc(CN2CCC(Oc3nccnc3OCCN3CCOCC3)CC2)cc1. The molecule has 4 rings (SSSR count). The zero-order valence-corrected chi connectivity index (χ0v) is 18.0. The van der Waals surface area contributed by atoms with E-state index < -0.39 is 0 Å². The predicted molar refractivity (Wildman–Crippen MR) is 115 cm³/mol. The first-order chi connectivity index (χ1) is 14.8. The molecule has 0 aliphatic carbocycles. The van der Waals surface area contributed by atoms with Crippen molar-refractivity contribution in [2.45, 2.75) is 25.5 Å². The Hall–Kier alpha value is -1.93. The monoisotopic (exact) mass is 432 g/mol. The van der Waals surface area contributed by atoms with Crippen LogP contribution in [-0.4, -0.2) is 78.4 Å². The summed E-state index contributed by atoms with van der Waals surface area (Å²) in [6.45, 7) is 7.79. The summed E-state index contributed by atoms with van der Waals surface area (Å²) in [6.07, 6.45) is 5.34. The first kappa shape index (κ1) is 21.3. The zero-order valence-electron chi connectivity index (χ0n) is 17.2. The second-order valence-corrected chi connectivity index (χ2v) is 8.13. The van der Waals surface area contributed by atoms with Gasteiger partial charge >= 0.3 is 0 Å². The Labute approximate surface area is 182 Å². The number of piperidine rings is 1. The van der Waals surface area contributed by atoms with Gasteiger partial charge in [0.05, 0.1) is 13.2 Å². The van der Waals surface area contributed by atoms with Crippen LogP contribution >= 0.6 is 11.6 Å². The van der Waals surface area contributed by atoms with Gasteiger partial charge in [-0.1, -0.05) is 23.7 Å². The van der Waals surface area contributed by atoms with Gasteiger partial charge in [-0.15, -0.1) is 0 Å². The van der Waals surface area contributed by atoms with E-state index in [4.69, 9.17) is 25.8 Å². The number of rotatable bonds is 8. The van der Waals surface area contributed by atoms with E-state index >= 15 is 0 Å². The van der Waals surface area contributed by atoms with Crippen molar-refractivity contribution in [1.29, 1.82) is 0 Å². The molecule has 0 unspecified atom stereocenters. The predicted octanol–water partition coefficient (Wildman–Crippen LogP) is 2.88. The van der Waals surface area contributed by atoms with E-state index in [1.807, 2.05) is 12.1 Å². The third-order valence-electron chi connectivity index (χ3n) is 5.52. The molecule has 1 aromatic carbocycles. The van der Waals surface area contributed by atoms with Crippen LogP contribution in [0.25, 0.3) is 0 Å². The number of nitrogens with zero attached hydrogens (tertiary/aromatic N) is 4. The summed E-state index contributed by atoms with van der Waals surface area (Å²) in [7, 11) is 0. The number of likely N-dealkylation sites (tertiary alicyclic amines) is 1. The summed E-state index contributed by atoms with van der Waals surface area (Å²) in [5.41, 5.74) is 1.28. The lowest BCUT2D eigenvalue weighted by atomic mass is 10.1. The molecule has 2 saturated heterocycles. The second-order valence-electron chi connectivity index (χ2n) is 7.69. The molecule has 0 amide bonds. The van der Waals surface area contributed by atoms with Crippen LogP contribution in [0.15, 0.2) is 36.7 Å². The Morgan fingerprint density at radius 2 is 1.63 bits per heavy atom. The van der Waals surface area contributed by atoms with Crippen LogP contribution < -0.4 is 9.47 Å². The molecule has 0 bridgehead atoms. The van der Waals surface area contributed by atoms with E-state index in [1.165, 1.54) is 5.56 Å².